The van der Waals surface area contributed by atoms with E-state index >= 15 is 0 Å². The summed E-state index contributed by atoms with van der Waals surface area (Å²) in [6.07, 6.45) is 2.68. The molecule has 1 fully saturated rings. The molecule has 4 rings (SSSR count). The maximum atomic E-state index is 13.8. The van der Waals surface area contributed by atoms with Gasteiger partial charge in [0.05, 0.1) is 11.3 Å². The molecule has 0 saturated carbocycles. The second-order valence-corrected chi connectivity index (χ2v) is 9.07. The van der Waals surface area contributed by atoms with Gasteiger partial charge in [-0.15, -0.1) is 0 Å². The fraction of sp³-hybridized carbons (Fsp3) is 0.259. The monoisotopic (exact) mass is 538 g/mol. The fourth-order valence-electron chi connectivity index (χ4n) is 4.51. The molecule has 10 nitrogen and oxygen atoms in total. The predicted octanol–water partition coefficient (Wildman–Crippen LogP) is 4.31. The van der Waals surface area contributed by atoms with Crippen LogP contribution in [0.5, 0.6) is 0 Å². The van der Waals surface area contributed by atoms with Crippen molar-refractivity contribution in [2.45, 2.75) is 32.4 Å². The summed E-state index contributed by atoms with van der Waals surface area (Å²) in [7, 11) is 0. The number of amides is 3. The summed E-state index contributed by atoms with van der Waals surface area (Å²) in [4.78, 5) is 43.7. The molecule has 204 valence electrons. The summed E-state index contributed by atoms with van der Waals surface area (Å²) >= 11 is 0. The van der Waals surface area contributed by atoms with Gasteiger partial charge in [0.25, 0.3) is 5.91 Å². The van der Waals surface area contributed by atoms with E-state index in [2.05, 4.69) is 15.6 Å². The number of aromatic nitrogens is 1. The average Bonchev–Trinajstić information content (AvgIpc) is 3.33. The number of carboxylic acid groups (broad SMARTS) is 1. The Morgan fingerprint density at radius 3 is 2.41 bits per heavy atom. The van der Waals surface area contributed by atoms with Crippen molar-refractivity contribution in [1.29, 1.82) is 0 Å². The smallest absolute Gasteiger partial charge is 0.320 e. The van der Waals surface area contributed by atoms with E-state index in [9.17, 15) is 28.3 Å². The Bertz CT molecular complexity index is 1360. The quantitative estimate of drug-likeness (QED) is 0.318. The summed E-state index contributed by atoms with van der Waals surface area (Å²) in [5.74, 6) is -2.87. The van der Waals surface area contributed by atoms with Crippen molar-refractivity contribution in [3.63, 3.8) is 0 Å². The van der Waals surface area contributed by atoms with Crippen molar-refractivity contribution in [2.24, 2.45) is 5.73 Å². The molecule has 1 unspecified atom stereocenters. The molecule has 39 heavy (non-hydrogen) atoms. The molecular formula is C27H28F2N6O4. The van der Waals surface area contributed by atoms with Gasteiger partial charge in [-0.1, -0.05) is 12.1 Å². The second-order valence-electron chi connectivity index (χ2n) is 9.07. The van der Waals surface area contributed by atoms with Crippen LogP contribution in [0.2, 0.25) is 0 Å². The van der Waals surface area contributed by atoms with E-state index in [1.54, 1.807) is 31.2 Å². The number of nitrogens with two attached hydrogens (primary N) is 1. The highest BCUT2D eigenvalue weighted by atomic mass is 19.1. The number of hydrogen-bond donors (Lipinski definition) is 4. The fourth-order valence-corrected chi connectivity index (χ4v) is 4.51. The van der Waals surface area contributed by atoms with Gasteiger partial charge < -0.3 is 21.5 Å². The van der Waals surface area contributed by atoms with Crippen LogP contribution in [-0.4, -0.2) is 52.0 Å². The molecule has 0 aliphatic carbocycles. The summed E-state index contributed by atoms with van der Waals surface area (Å²) in [6.45, 7) is 3.08. The first-order valence-electron chi connectivity index (χ1n) is 12.3. The minimum atomic E-state index is -0.834. The van der Waals surface area contributed by atoms with Crippen molar-refractivity contribution >= 4 is 40.8 Å². The third-order valence-electron chi connectivity index (χ3n) is 6.38. The molecular weight excluding hydrogens is 510 g/mol. The van der Waals surface area contributed by atoms with Crippen LogP contribution < -0.4 is 21.3 Å². The number of urea groups is 1. The number of nitrogens with one attached hydrogen (secondary N) is 2. The SMILES string of the molecule is CCN(C(N)=O)c1cc(Nc2cc(F)cc(F)c2)c(C(=O)Nc2ccc(CN3CCCC3C(=O)O)cc2)cn1. The van der Waals surface area contributed by atoms with E-state index in [0.29, 0.717) is 25.2 Å². The highest BCUT2D eigenvalue weighted by Crippen LogP contribution is 2.27. The Kier molecular flexibility index (Phi) is 8.35. The molecule has 0 radical (unpaired) electrons. The number of carbonyl (C=O) groups excluding carboxylic acids is 2. The van der Waals surface area contributed by atoms with Crippen molar-refractivity contribution in [2.75, 3.05) is 28.6 Å². The zero-order chi connectivity index (χ0) is 28.1. The third kappa shape index (κ3) is 6.65. The van der Waals surface area contributed by atoms with Crippen LogP contribution in [0.15, 0.2) is 54.7 Å². The minimum absolute atomic E-state index is 0.0479. The predicted molar refractivity (Wildman–Crippen MR) is 142 cm³/mol. The first-order chi connectivity index (χ1) is 18.6. The lowest BCUT2D eigenvalue weighted by molar-refractivity contribution is -0.142. The summed E-state index contributed by atoms with van der Waals surface area (Å²) < 4.78 is 27.6. The van der Waals surface area contributed by atoms with Gasteiger partial charge >= 0.3 is 12.0 Å². The number of carboxylic acids is 1. The molecule has 2 heterocycles. The van der Waals surface area contributed by atoms with Crippen molar-refractivity contribution in [1.82, 2.24) is 9.88 Å². The van der Waals surface area contributed by atoms with Crippen LogP contribution in [-0.2, 0) is 11.3 Å². The molecule has 3 amide bonds. The molecule has 1 atom stereocenters. The standard InChI is InChI=1S/C27H28F2N6O4/c1-2-35(27(30)39)24-13-22(32-20-11-17(28)10-18(29)12-20)21(14-31-24)25(36)33-19-7-5-16(6-8-19)15-34-9-3-4-23(34)26(37)38/h5-8,10-14,23H,2-4,9,15H2,1H3,(H2,30,39)(H,31,32)(H,33,36)(H,37,38). The number of benzene rings is 2. The average molecular weight is 539 g/mol. The summed E-state index contributed by atoms with van der Waals surface area (Å²) in [5, 5.41) is 15.0. The Morgan fingerprint density at radius 2 is 1.79 bits per heavy atom. The molecule has 1 aliphatic heterocycles. The summed E-state index contributed by atoms with van der Waals surface area (Å²) in [5.41, 5.74) is 7.04. The lowest BCUT2D eigenvalue weighted by Crippen LogP contribution is -2.36. The van der Waals surface area contributed by atoms with Crippen LogP contribution in [0.3, 0.4) is 0 Å². The molecule has 0 bridgehead atoms. The Hall–Kier alpha value is -4.58. The Balaban J connectivity index is 1.56. The summed E-state index contributed by atoms with van der Waals surface area (Å²) in [6, 6.07) is 9.97. The van der Waals surface area contributed by atoms with E-state index in [-0.39, 0.29) is 29.3 Å². The van der Waals surface area contributed by atoms with Gasteiger partial charge in [-0.3, -0.25) is 19.4 Å². The van der Waals surface area contributed by atoms with Crippen LogP contribution in [0.4, 0.5) is 36.5 Å². The van der Waals surface area contributed by atoms with Gasteiger partial charge in [0, 0.05) is 42.8 Å². The van der Waals surface area contributed by atoms with Crippen LogP contribution in [0.25, 0.3) is 0 Å². The molecule has 1 saturated heterocycles. The molecule has 0 spiro atoms. The number of rotatable bonds is 9. The number of anilines is 4. The lowest BCUT2D eigenvalue weighted by atomic mass is 10.1. The van der Waals surface area contributed by atoms with Crippen LogP contribution >= 0.6 is 0 Å². The first kappa shape index (κ1) is 27.5. The van der Waals surface area contributed by atoms with E-state index in [1.807, 2.05) is 4.90 Å². The largest absolute Gasteiger partial charge is 0.480 e. The molecule has 12 heteroatoms. The van der Waals surface area contributed by atoms with Gasteiger partial charge in [0.2, 0.25) is 0 Å². The first-order valence-corrected chi connectivity index (χ1v) is 12.3. The van der Waals surface area contributed by atoms with Crippen LogP contribution in [0, 0.1) is 11.6 Å². The van der Waals surface area contributed by atoms with E-state index in [0.717, 1.165) is 30.2 Å². The number of pyridine rings is 1. The topological polar surface area (TPSA) is 141 Å². The van der Waals surface area contributed by atoms with Gasteiger partial charge in [0.1, 0.15) is 23.5 Å². The highest BCUT2D eigenvalue weighted by Gasteiger charge is 2.30. The number of likely N-dealkylation sites (tertiary alicyclic amines) is 1. The normalized spacial score (nSPS) is 15.1. The number of primary amides is 1. The number of carbonyl (C=O) groups is 3. The Labute approximate surface area is 223 Å². The lowest BCUT2D eigenvalue weighted by Gasteiger charge is -2.21. The van der Waals surface area contributed by atoms with Crippen molar-refractivity contribution in [3.05, 3.63) is 77.5 Å². The molecule has 1 aromatic heterocycles. The molecule has 3 aromatic rings. The van der Waals surface area contributed by atoms with Crippen LogP contribution in [0.1, 0.15) is 35.7 Å². The highest BCUT2D eigenvalue weighted by molar-refractivity contribution is 6.08. The second kappa shape index (κ2) is 11.9. The maximum absolute atomic E-state index is 13.8. The molecule has 2 aromatic carbocycles. The minimum Gasteiger partial charge on any atom is -0.480 e. The van der Waals surface area contributed by atoms with E-state index in [1.165, 1.54) is 17.2 Å². The third-order valence-corrected chi connectivity index (χ3v) is 6.38. The number of halogens is 2. The Morgan fingerprint density at radius 1 is 1.10 bits per heavy atom. The van der Waals surface area contributed by atoms with Gasteiger partial charge in [-0.25, -0.2) is 18.6 Å². The number of aliphatic carboxylic acids is 1. The van der Waals surface area contributed by atoms with Crippen molar-refractivity contribution < 1.29 is 28.3 Å². The zero-order valence-corrected chi connectivity index (χ0v) is 21.2. The van der Waals surface area contributed by atoms with E-state index in [4.69, 9.17) is 5.73 Å². The number of nitrogens with zero attached hydrogens (tertiary/aromatic N) is 3. The zero-order valence-electron chi connectivity index (χ0n) is 21.2. The van der Waals surface area contributed by atoms with Gasteiger partial charge in [-0.05, 0) is 56.1 Å². The maximum Gasteiger partial charge on any atom is 0.320 e. The van der Waals surface area contributed by atoms with E-state index < -0.39 is 35.6 Å². The number of hydrogen-bond acceptors (Lipinski definition) is 6. The van der Waals surface area contributed by atoms with Crippen molar-refractivity contribution in [3.8, 4) is 0 Å². The van der Waals surface area contributed by atoms with Gasteiger partial charge in [0.15, 0.2) is 0 Å². The molecule has 5 N–H and O–H groups in total. The van der Waals surface area contributed by atoms with Gasteiger partial charge in [-0.2, -0.15) is 0 Å². The molecule has 1 aliphatic rings.